The molecule has 2 nitrogen and oxygen atoms in total. The van der Waals surface area contributed by atoms with E-state index in [1.807, 2.05) is 29.2 Å². The Bertz CT molecular complexity index is 377. The average molecular weight is 282 g/mol. The van der Waals surface area contributed by atoms with Crippen LogP contribution in [-0.2, 0) is 0 Å². The molecule has 0 bridgehead atoms. The number of carbonyl (C=O) groups is 1. The van der Waals surface area contributed by atoms with E-state index in [-0.39, 0.29) is 5.91 Å². The van der Waals surface area contributed by atoms with Gasteiger partial charge >= 0.3 is 0 Å². The largest absolute Gasteiger partial charge is 0.338 e. The molecule has 1 saturated heterocycles. The van der Waals surface area contributed by atoms with Crippen LogP contribution in [0.1, 0.15) is 24.2 Å². The van der Waals surface area contributed by atoms with Gasteiger partial charge in [0.25, 0.3) is 5.91 Å². The third-order valence-corrected chi connectivity index (χ3v) is 3.90. The van der Waals surface area contributed by atoms with Crippen molar-refractivity contribution >= 4 is 21.8 Å². The molecule has 2 atom stereocenters. The Morgan fingerprint density at radius 1 is 1.19 bits per heavy atom. The van der Waals surface area contributed by atoms with E-state index in [1.54, 1.807) is 0 Å². The standard InChI is InChI=1S/C13H16BrNO/c1-9-7-15(8-10(9)2)13(16)11-3-5-12(14)6-4-11/h3-6,9-10H,7-8H2,1-2H3. The molecule has 16 heavy (non-hydrogen) atoms. The molecule has 0 N–H and O–H groups in total. The lowest BCUT2D eigenvalue weighted by Gasteiger charge is -2.15. The topological polar surface area (TPSA) is 20.3 Å². The number of carbonyl (C=O) groups excluding carboxylic acids is 1. The van der Waals surface area contributed by atoms with Crippen molar-refractivity contribution in [2.24, 2.45) is 11.8 Å². The molecule has 0 saturated carbocycles. The molecule has 0 spiro atoms. The van der Waals surface area contributed by atoms with Crippen molar-refractivity contribution in [3.63, 3.8) is 0 Å². The Balaban J connectivity index is 2.11. The molecular formula is C13H16BrNO. The van der Waals surface area contributed by atoms with Gasteiger partial charge in [0.2, 0.25) is 0 Å². The molecule has 2 unspecified atom stereocenters. The zero-order chi connectivity index (χ0) is 11.7. The van der Waals surface area contributed by atoms with E-state index in [1.165, 1.54) is 0 Å². The second kappa shape index (κ2) is 4.58. The maximum Gasteiger partial charge on any atom is 0.253 e. The van der Waals surface area contributed by atoms with Gasteiger partial charge in [0.1, 0.15) is 0 Å². The number of halogens is 1. The van der Waals surface area contributed by atoms with Crippen molar-refractivity contribution in [2.45, 2.75) is 13.8 Å². The zero-order valence-corrected chi connectivity index (χ0v) is 11.2. The maximum absolute atomic E-state index is 12.2. The second-order valence-electron chi connectivity index (χ2n) is 4.67. The highest BCUT2D eigenvalue weighted by atomic mass is 79.9. The number of nitrogens with zero attached hydrogens (tertiary/aromatic N) is 1. The first-order valence-electron chi connectivity index (χ1n) is 5.63. The zero-order valence-electron chi connectivity index (χ0n) is 9.61. The highest BCUT2D eigenvalue weighted by Crippen LogP contribution is 2.24. The number of hydrogen-bond acceptors (Lipinski definition) is 1. The Morgan fingerprint density at radius 3 is 2.19 bits per heavy atom. The minimum absolute atomic E-state index is 0.156. The summed E-state index contributed by atoms with van der Waals surface area (Å²) in [5, 5.41) is 0. The summed E-state index contributed by atoms with van der Waals surface area (Å²) in [6.45, 7) is 6.19. The fraction of sp³-hybridized carbons (Fsp3) is 0.462. The van der Waals surface area contributed by atoms with E-state index in [4.69, 9.17) is 0 Å². The Kier molecular flexibility index (Phi) is 3.33. The fourth-order valence-corrected chi connectivity index (χ4v) is 2.33. The van der Waals surface area contributed by atoms with Crippen LogP contribution in [0.15, 0.2) is 28.7 Å². The van der Waals surface area contributed by atoms with Crippen LogP contribution in [0.4, 0.5) is 0 Å². The van der Waals surface area contributed by atoms with Crippen molar-refractivity contribution in [1.29, 1.82) is 0 Å². The Morgan fingerprint density at radius 2 is 1.69 bits per heavy atom. The maximum atomic E-state index is 12.2. The number of likely N-dealkylation sites (tertiary alicyclic amines) is 1. The van der Waals surface area contributed by atoms with Crippen LogP contribution in [-0.4, -0.2) is 23.9 Å². The van der Waals surface area contributed by atoms with Gasteiger partial charge in [-0.15, -0.1) is 0 Å². The number of hydrogen-bond donors (Lipinski definition) is 0. The van der Waals surface area contributed by atoms with Gasteiger partial charge in [0, 0.05) is 23.1 Å². The van der Waals surface area contributed by atoms with Crippen LogP contribution in [0.5, 0.6) is 0 Å². The van der Waals surface area contributed by atoms with Gasteiger partial charge in [-0.2, -0.15) is 0 Å². The smallest absolute Gasteiger partial charge is 0.253 e. The van der Waals surface area contributed by atoms with Crippen LogP contribution < -0.4 is 0 Å². The lowest BCUT2D eigenvalue weighted by molar-refractivity contribution is 0.0785. The van der Waals surface area contributed by atoms with Crippen LogP contribution in [0.25, 0.3) is 0 Å². The van der Waals surface area contributed by atoms with Gasteiger partial charge in [-0.25, -0.2) is 0 Å². The summed E-state index contributed by atoms with van der Waals surface area (Å²) < 4.78 is 1.01. The van der Waals surface area contributed by atoms with Crippen molar-refractivity contribution in [1.82, 2.24) is 4.90 Å². The monoisotopic (exact) mass is 281 g/mol. The van der Waals surface area contributed by atoms with Gasteiger partial charge in [-0.05, 0) is 36.1 Å². The van der Waals surface area contributed by atoms with Crippen LogP contribution in [0.3, 0.4) is 0 Å². The van der Waals surface area contributed by atoms with E-state index in [0.29, 0.717) is 11.8 Å². The molecule has 1 aromatic rings. The summed E-state index contributed by atoms with van der Waals surface area (Å²) >= 11 is 3.37. The summed E-state index contributed by atoms with van der Waals surface area (Å²) in [4.78, 5) is 14.1. The molecule has 0 radical (unpaired) electrons. The quantitative estimate of drug-likeness (QED) is 0.774. The van der Waals surface area contributed by atoms with Crippen LogP contribution >= 0.6 is 15.9 Å². The van der Waals surface area contributed by atoms with Crippen molar-refractivity contribution in [3.8, 4) is 0 Å². The molecular weight excluding hydrogens is 266 g/mol. The predicted molar refractivity (Wildman–Crippen MR) is 68.4 cm³/mol. The number of rotatable bonds is 1. The highest BCUT2D eigenvalue weighted by molar-refractivity contribution is 9.10. The summed E-state index contributed by atoms with van der Waals surface area (Å²) in [6, 6.07) is 7.58. The van der Waals surface area contributed by atoms with Crippen molar-refractivity contribution < 1.29 is 4.79 Å². The van der Waals surface area contributed by atoms with E-state index < -0.39 is 0 Å². The molecule has 0 aliphatic carbocycles. The van der Waals surface area contributed by atoms with Crippen LogP contribution in [0.2, 0.25) is 0 Å². The lowest BCUT2D eigenvalue weighted by Crippen LogP contribution is -2.28. The summed E-state index contributed by atoms with van der Waals surface area (Å²) in [6.07, 6.45) is 0. The third kappa shape index (κ3) is 2.29. The van der Waals surface area contributed by atoms with Gasteiger partial charge in [-0.3, -0.25) is 4.79 Å². The summed E-state index contributed by atoms with van der Waals surface area (Å²) in [5.74, 6) is 1.38. The SMILES string of the molecule is CC1CN(C(=O)c2ccc(Br)cc2)CC1C. The molecule has 1 aromatic carbocycles. The molecule has 1 aliphatic heterocycles. The molecule has 1 heterocycles. The second-order valence-corrected chi connectivity index (χ2v) is 5.59. The van der Waals surface area contributed by atoms with Gasteiger partial charge in [0.05, 0.1) is 0 Å². The molecule has 3 heteroatoms. The molecule has 1 fully saturated rings. The van der Waals surface area contributed by atoms with Crippen molar-refractivity contribution in [3.05, 3.63) is 34.3 Å². The average Bonchev–Trinajstić information content (AvgIpc) is 2.59. The molecule has 1 amide bonds. The van der Waals surface area contributed by atoms with Gasteiger partial charge in [-0.1, -0.05) is 29.8 Å². The number of benzene rings is 1. The first kappa shape index (κ1) is 11.6. The third-order valence-electron chi connectivity index (χ3n) is 3.37. The molecule has 2 rings (SSSR count). The Hall–Kier alpha value is -0.830. The fourth-order valence-electron chi connectivity index (χ4n) is 2.07. The molecule has 0 aromatic heterocycles. The van der Waals surface area contributed by atoms with E-state index >= 15 is 0 Å². The minimum Gasteiger partial charge on any atom is -0.338 e. The van der Waals surface area contributed by atoms with E-state index in [2.05, 4.69) is 29.8 Å². The number of amides is 1. The molecule has 86 valence electrons. The normalized spacial score (nSPS) is 24.8. The van der Waals surface area contributed by atoms with Crippen molar-refractivity contribution in [2.75, 3.05) is 13.1 Å². The highest BCUT2D eigenvalue weighted by Gasteiger charge is 2.29. The summed E-state index contributed by atoms with van der Waals surface area (Å²) in [5.41, 5.74) is 0.782. The summed E-state index contributed by atoms with van der Waals surface area (Å²) in [7, 11) is 0. The first-order chi connectivity index (χ1) is 7.58. The Labute approximate surface area is 105 Å². The molecule has 1 aliphatic rings. The van der Waals surface area contributed by atoms with Gasteiger partial charge < -0.3 is 4.90 Å². The first-order valence-corrected chi connectivity index (χ1v) is 6.42. The van der Waals surface area contributed by atoms with Gasteiger partial charge in [0.15, 0.2) is 0 Å². The minimum atomic E-state index is 0.156. The van der Waals surface area contributed by atoms with Crippen LogP contribution in [0, 0.1) is 11.8 Å². The lowest BCUT2D eigenvalue weighted by atomic mass is 10.0. The van der Waals surface area contributed by atoms with E-state index in [0.717, 1.165) is 23.1 Å². The predicted octanol–water partition coefficient (Wildman–Crippen LogP) is 3.18. The van der Waals surface area contributed by atoms with E-state index in [9.17, 15) is 4.79 Å².